The van der Waals surface area contributed by atoms with Crippen LogP contribution in [-0.4, -0.2) is 0 Å². The third kappa shape index (κ3) is 3.15. The molecular weight excluding hydrogens is 170 g/mol. The summed E-state index contributed by atoms with van der Waals surface area (Å²) in [5.74, 6) is 0.715. The van der Waals surface area contributed by atoms with E-state index in [4.69, 9.17) is 5.73 Å². The van der Waals surface area contributed by atoms with Gasteiger partial charge in [-0.2, -0.15) is 0 Å². The second kappa shape index (κ2) is 4.14. The first-order chi connectivity index (χ1) is 6.39. The molecule has 1 heteroatoms. The molecule has 0 aromatic heterocycles. The summed E-state index contributed by atoms with van der Waals surface area (Å²) in [6.45, 7) is 8.54. The van der Waals surface area contributed by atoms with Gasteiger partial charge in [-0.15, -0.1) is 0 Å². The lowest BCUT2D eigenvalue weighted by Crippen LogP contribution is -2.28. The third-order valence-corrected chi connectivity index (χ3v) is 2.34. The number of benzene rings is 1. The van der Waals surface area contributed by atoms with Crippen molar-refractivity contribution in [3.63, 3.8) is 0 Å². The van der Waals surface area contributed by atoms with Crippen molar-refractivity contribution in [2.24, 2.45) is 11.7 Å². The number of hydrogen-bond acceptors (Lipinski definition) is 1. The van der Waals surface area contributed by atoms with Gasteiger partial charge in [0.05, 0.1) is 0 Å². The fourth-order valence-electron chi connectivity index (χ4n) is 1.54. The maximum atomic E-state index is 6.01. The fourth-order valence-corrected chi connectivity index (χ4v) is 1.54. The predicted octanol–water partition coefficient (Wildman–Crippen LogP) is 3.08. The normalized spacial score (nSPS) is 12.1. The molecule has 0 fully saturated rings. The van der Waals surface area contributed by atoms with E-state index in [0.717, 1.165) is 6.42 Å². The lowest BCUT2D eigenvalue weighted by molar-refractivity contribution is 0.554. The van der Waals surface area contributed by atoms with Crippen LogP contribution in [0.3, 0.4) is 0 Å². The number of hydrogen-bond donors (Lipinski definition) is 1. The Balaban J connectivity index is 2.79. The molecular formula is C13H21N. The van der Waals surface area contributed by atoms with Crippen LogP contribution in [0.1, 0.15) is 38.8 Å². The van der Waals surface area contributed by atoms with E-state index in [1.807, 2.05) is 13.8 Å². The van der Waals surface area contributed by atoms with E-state index < -0.39 is 0 Å². The Morgan fingerprint density at radius 2 is 1.64 bits per heavy atom. The molecule has 0 spiro atoms. The molecule has 2 N–H and O–H groups in total. The van der Waals surface area contributed by atoms with Crippen LogP contribution in [0.4, 0.5) is 0 Å². The second-order valence-corrected chi connectivity index (χ2v) is 5.02. The quantitative estimate of drug-likeness (QED) is 0.780. The van der Waals surface area contributed by atoms with E-state index in [-0.39, 0.29) is 5.54 Å². The van der Waals surface area contributed by atoms with E-state index in [0.29, 0.717) is 5.92 Å². The number of nitrogens with two attached hydrogens (primary N) is 1. The fraction of sp³-hybridized carbons (Fsp3) is 0.538. The summed E-state index contributed by atoms with van der Waals surface area (Å²) in [5, 5.41) is 0. The summed E-state index contributed by atoms with van der Waals surface area (Å²) in [5.41, 5.74) is 8.38. The summed E-state index contributed by atoms with van der Waals surface area (Å²) in [4.78, 5) is 0. The minimum Gasteiger partial charge on any atom is -0.322 e. The Bertz CT molecular complexity index is 277. The molecule has 0 aliphatic carbocycles. The monoisotopic (exact) mass is 191 g/mol. The SMILES string of the molecule is CC(C)Cc1ccc(C(C)(C)N)cc1. The van der Waals surface area contributed by atoms with Gasteiger partial charge in [0, 0.05) is 5.54 Å². The van der Waals surface area contributed by atoms with Gasteiger partial charge in [-0.05, 0) is 37.3 Å². The van der Waals surface area contributed by atoms with E-state index in [9.17, 15) is 0 Å². The van der Waals surface area contributed by atoms with Crippen LogP contribution in [-0.2, 0) is 12.0 Å². The topological polar surface area (TPSA) is 26.0 Å². The van der Waals surface area contributed by atoms with Crippen molar-refractivity contribution in [1.82, 2.24) is 0 Å². The zero-order valence-electron chi connectivity index (χ0n) is 9.67. The van der Waals surface area contributed by atoms with Gasteiger partial charge in [0.25, 0.3) is 0 Å². The molecule has 0 aliphatic heterocycles. The van der Waals surface area contributed by atoms with Gasteiger partial charge in [0.1, 0.15) is 0 Å². The van der Waals surface area contributed by atoms with Crippen LogP contribution in [0, 0.1) is 5.92 Å². The maximum absolute atomic E-state index is 6.01. The molecule has 1 aromatic rings. The number of rotatable bonds is 3. The van der Waals surface area contributed by atoms with Crippen LogP contribution < -0.4 is 5.73 Å². The van der Waals surface area contributed by atoms with Crippen LogP contribution in [0.15, 0.2) is 24.3 Å². The Kier molecular flexibility index (Phi) is 3.33. The average Bonchev–Trinajstić information content (AvgIpc) is 2.02. The third-order valence-electron chi connectivity index (χ3n) is 2.34. The molecule has 0 bridgehead atoms. The first-order valence-corrected chi connectivity index (χ1v) is 5.28. The molecule has 0 saturated heterocycles. The maximum Gasteiger partial charge on any atom is 0.0352 e. The Morgan fingerprint density at radius 1 is 1.14 bits per heavy atom. The molecule has 1 aromatic carbocycles. The average molecular weight is 191 g/mol. The lowest BCUT2D eigenvalue weighted by atomic mass is 9.93. The molecule has 0 heterocycles. The highest BCUT2D eigenvalue weighted by molar-refractivity contribution is 5.27. The highest BCUT2D eigenvalue weighted by Gasteiger charge is 2.13. The summed E-state index contributed by atoms with van der Waals surface area (Å²) < 4.78 is 0. The van der Waals surface area contributed by atoms with Gasteiger partial charge in [-0.1, -0.05) is 38.1 Å². The molecule has 1 nitrogen and oxygen atoms in total. The van der Waals surface area contributed by atoms with Gasteiger partial charge in [0.15, 0.2) is 0 Å². The second-order valence-electron chi connectivity index (χ2n) is 5.02. The highest BCUT2D eigenvalue weighted by Crippen LogP contribution is 2.18. The van der Waals surface area contributed by atoms with Crippen LogP contribution in [0.2, 0.25) is 0 Å². The van der Waals surface area contributed by atoms with Crippen molar-refractivity contribution in [2.45, 2.75) is 39.7 Å². The van der Waals surface area contributed by atoms with Crippen molar-refractivity contribution in [3.8, 4) is 0 Å². The summed E-state index contributed by atoms with van der Waals surface area (Å²) >= 11 is 0. The molecule has 0 aliphatic rings. The Hall–Kier alpha value is -0.820. The van der Waals surface area contributed by atoms with Crippen molar-refractivity contribution in [3.05, 3.63) is 35.4 Å². The minimum atomic E-state index is -0.226. The van der Waals surface area contributed by atoms with Gasteiger partial charge in [0.2, 0.25) is 0 Å². The lowest BCUT2D eigenvalue weighted by Gasteiger charge is -2.19. The molecule has 0 saturated carbocycles. The molecule has 0 atom stereocenters. The standard InChI is InChI=1S/C13H21N/c1-10(2)9-11-5-7-12(8-6-11)13(3,4)14/h5-8,10H,9,14H2,1-4H3. The summed E-state index contributed by atoms with van der Waals surface area (Å²) in [7, 11) is 0. The first kappa shape index (κ1) is 11.3. The Morgan fingerprint density at radius 3 is 2.00 bits per heavy atom. The summed E-state index contributed by atoms with van der Waals surface area (Å²) in [6, 6.07) is 8.64. The van der Waals surface area contributed by atoms with Gasteiger partial charge in [-0.25, -0.2) is 0 Å². The zero-order chi connectivity index (χ0) is 10.8. The van der Waals surface area contributed by atoms with Crippen LogP contribution >= 0.6 is 0 Å². The van der Waals surface area contributed by atoms with Gasteiger partial charge >= 0.3 is 0 Å². The summed E-state index contributed by atoms with van der Waals surface area (Å²) in [6.07, 6.45) is 1.14. The molecule has 0 radical (unpaired) electrons. The van der Waals surface area contributed by atoms with Gasteiger partial charge < -0.3 is 5.73 Å². The van der Waals surface area contributed by atoms with E-state index in [1.54, 1.807) is 0 Å². The smallest absolute Gasteiger partial charge is 0.0352 e. The van der Waals surface area contributed by atoms with Crippen molar-refractivity contribution in [2.75, 3.05) is 0 Å². The molecule has 0 amide bonds. The molecule has 14 heavy (non-hydrogen) atoms. The predicted molar refractivity (Wildman–Crippen MR) is 62.2 cm³/mol. The van der Waals surface area contributed by atoms with Crippen molar-refractivity contribution >= 4 is 0 Å². The van der Waals surface area contributed by atoms with Crippen molar-refractivity contribution in [1.29, 1.82) is 0 Å². The van der Waals surface area contributed by atoms with Crippen molar-refractivity contribution < 1.29 is 0 Å². The van der Waals surface area contributed by atoms with E-state index >= 15 is 0 Å². The highest BCUT2D eigenvalue weighted by atomic mass is 14.7. The zero-order valence-corrected chi connectivity index (χ0v) is 9.67. The molecule has 0 unspecified atom stereocenters. The first-order valence-electron chi connectivity index (χ1n) is 5.28. The van der Waals surface area contributed by atoms with Gasteiger partial charge in [-0.3, -0.25) is 0 Å². The Labute approximate surface area is 87.3 Å². The van der Waals surface area contributed by atoms with Crippen LogP contribution in [0.25, 0.3) is 0 Å². The molecule has 1 rings (SSSR count). The minimum absolute atomic E-state index is 0.226. The largest absolute Gasteiger partial charge is 0.322 e. The molecule has 78 valence electrons. The van der Waals surface area contributed by atoms with E-state index in [2.05, 4.69) is 38.1 Å². The van der Waals surface area contributed by atoms with Crippen LogP contribution in [0.5, 0.6) is 0 Å². The van der Waals surface area contributed by atoms with E-state index in [1.165, 1.54) is 11.1 Å².